The largest absolute Gasteiger partial charge is 0.388 e. The average molecular weight is 249 g/mol. The van der Waals surface area contributed by atoms with Crippen LogP contribution in [0.2, 0.25) is 0 Å². The molecule has 1 saturated carbocycles. The number of hydrogen-bond acceptors (Lipinski definition) is 3. The van der Waals surface area contributed by atoms with E-state index in [0.29, 0.717) is 10.7 Å². The number of nitrogens with two attached hydrogens (primary N) is 1. The van der Waals surface area contributed by atoms with Crippen molar-refractivity contribution in [3.63, 3.8) is 0 Å². The third kappa shape index (κ3) is 2.94. The van der Waals surface area contributed by atoms with Gasteiger partial charge in [0.25, 0.3) is 0 Å². The Labute approximate surface area is 108 Å². The summed E-state index contributed by atoms with van der Waals surface area (Å²) in [4.78, 5) is 4.60. The molecule has 17 heavy (non-hydrogen) atoms. The van der Waals surface area contributed by atoms with Crippen LogP contribution in [-0.2, 0) is 0 Å². The Balaban J connectivity index is 2.20. The highest BCUT2D eigenvalue weighted by Gasteiger charge is 2.27. The quantitative estimate of drug-likeness (QED) is 0.809. The molecule has 1 aromatic heterocycles. The van der Waals surface area contributed by atoms with Crippen molar-refractivity contribution in [1.29, 1.82) is 0 Å². The van der Waals surface area contributed by atoms with Gasteiger partial charge in [-0.15, -0.1) is 0 Å². The van der Waals surface area contributed by atoms with Crippen LogP contribution in [0, 0.1) is 0 Å². The third-order valence-corrected chi connectivity index (χ3v) is 3.63. The van der Waals surface area contributed by atoms with Gasteiger partial charge >= 0.3 is 0 Å². The van der Waals surface area contributed by atoms with E-state index in [1.807, 2.05) is 12.1 Å². The van der Waals surface area contributed by atoms with Gasteiger partial charge in [0, 0.05) is 11.7 Å². The number of aromatic nitrogens is 1. The molecule has 0 saturated heterocycles. The van der Waals surface area contributed by atoms with Crippen molar-refractivity contribution < 1.29 is 0 Å². The van der Waals surface area contributed by atoms with E-state index in [1.54, 1.807) is 6.20 Å². The molecule has 0 amide bonds. The number of nitrogens with one attached hydrogen (secondary N) is 1. The molecule has 1 aromatic rings. The first-order chi connectivity index (χ1) is 8.11. The minimum Gasteiger partial charge on any atom is -0.388 e. The second-order valence-electron chi connectivity index (χ2n) is 5.01. The highest BCUT2D eigenvalue weighted by Crippen LogP contribution is 2.31. The molecule has 1 aliphatic rings. The Morgan fingerprint density at radius 1 is 1.41 bits per heavy atom. The molecular weight excluding hydrogens is 230 g/mol. The van der Waals surface area contributed by atoms with E-state index in [2.05, 4.69) is 17.2 Å². The fraction of sp³-hybridized carbons (Fsp3) is 0.538. The van der Waals surface area contributed by atoms with Gasteiger partial charge in [-0.25, -0.2) is 0 Å². The van der Waals surface area contributed by atoms with Gasteiger partial charge < -0.3 is 11.1 Å². The fourth-order valence-electron chi connectivity index (χ4n) is 2.48. The number of anilines is 1. The van der Waals surface area contributed by atoms with Gasteiger partial charge in [0.05, 0.1) is 5.69 Å². The summed E-state index contributed by atoms with van der Waals surface area (Å²) in [7, 11) is 0. The maximum Gasteiger partial charge on any atom is 0.124 e. The van der Waals surface area contributed by atoms with E-state index in [9.17, 15) is 0 Å². The van der Waals surface area contributed by atoms with Gasteiger partial charge in [0.2, 0.25) is 0 Å². The molecule has 3 nitrogen and oxygen atoms in total. The molecule has 0 spiro atoms. The predicted molar refractivity (Wildman–Crippen MR) is 75.2 cm³/mol. The lowest BCUT2D eigenvalue weighted by molar-refractivity contribution is 0.349. The van der Waals surface area contributed by atoms with Crippen LogP contribution in [0.1, 0.15) is 44.7 Å². The Morgan fingerprint density at radius 3 is 2.76 bits per heavy atom. The monoisotopic (exact) mass is 249 g/mol. The van der Waals surface area contributed by atoms with E-state index in [1.165, 1.54) is 32.1 Å². The van der Waals surface area contributed by atoms with Gasteiger partial charge in [-0.1, -0.05) is 31.5 Å². The predicted octanol–water partition coefficient (Wildman–Crippen LogP) is 2.85. The Kier molecular flexibility index (Phi) is 3.62. The molecular formula is C13H19N3S. The summed E-state index contributed by atoms with van der Waals surface area (Å²) in [5, 5.41) is 3.58. The normalized spacial score (nSPS) is 18.6. The molecule has 3 N–H and O–H groups in total. The minimum atomic E-state index is 0.154. The molecule has 1 heterocycles. The van der Waals surface area contributed by atoms with Crippen LogP contribution >= 0.6 is 12.2 Å². The lowest BCUT2D eigenvalue weighted by Crippen LogP contribution is -2.37. The van der Waals surface area contributed by atoms with Gasteiger partial charge in [-0.2, -0.15) is 0 Å². The van der Waals surface area contributed by atoms with Crippen LogP contribution in [-0.4, -0.2) is 15.5 Å². The molecule has 1 fully saturated rings. The van der Waals surface area contributed by atoms with Crippen molar-refractivity contribution in [3.8, 4) is 0 Å². The van der Waals surface area contributed by atoms with Crippen molar-refractivity contribution in [2.45, 2.75) is 44.6 Å². The number of rotatable bonds is 3. The van der Waals surface area contributed by atoms with Crippen LogP contribution in [0.25, 0.3) is 0 Å². The van der Waals surface area contributed by atoms with Crippen LogP contribution in [0.3, 0.4) is 0 Å². The van der Waals surface area contributed by atoms with Gasteiger partial charge in [-0.3, -0.25) is 4.98 Å². The van der Waals surface area contributed by atoms with E-state index in [4.69, 9.17) is 18.0 Å². The molecule has 0 unspecified atom stereocenters. The molecule has 1 aliphatic carbocycles. The van der Waals surface area contributed by atoms with Crippen LogP contribution in [0.5, 0.6) is 0 Å². The van der Waals surface area contributed by atoms with E-state index >= 15 is 0 Å². The van der Waals surface area contributed by atoms with Crippen molar-refractivity contribution in [2.75, 3.05) is 5.32 Å². The topological polar surface area (TPSA) is 50.9 Å². The summed E-state index contributed by atoms with van der Waals surface area (Å²) in [6.45, 7) is 2.27. The maximum absolute atomic E-state index is 5.69. The van der Waals surface area contributed by atoms with E-state index < -0.39 is 0 Å². The van der Waals surface area contributed by atoms with E-state index in [-0.39, 0.29) is 5.54 Å². The van der Waals surface area contributed by atoms with Crippen LogP contribution in [0.4, 0.5) is 5.69 Å². The summed E-state index contributed by atoms with van der Waals surface area (Å²) in [5.41, 5.74) is 7.51. The molecule has 4 heteroatoms. The first-order valence-electron chi connectivity index (χ1n) is 6.14. The first-order valence-corrected chi connectivity index (χ1v) is 6.55. The van der Waals surface area contributed by atoms with E-state index in [0.717, 1.165) is 5.69 Å². The summed E-state index contributed by atoms with van der Waals surface area (Å²) in [6.07, 6.45) is 8.02. The molecule has 0 aromatic carbocycles. The molecule has 0 atom stereocenters. The van der Waals surface area contributed by atoms with Crippen molar-refractivity contribution >= 4 is 22.9 Å². The number of thiocarbonyl (C=S) groups is 1. The lowest BCUT2D eigenvalue weighted by atomic mass is 9.83. The molecule has 0 aliphatic heterocycles. The molecule has 2 rings (SSSR count). The minimum absolute atomic E-state index is 0.154. The van der Waals surface area contributed by atoms with Gasteiger partial charge in [0.15, 0.2) is 0 Å². The lowest BCUT2D eigenvalue weighted by Gasteiger charge is -2.36. The first kappa shape index (κ1) is 12.3. The Morgan fingerprint density at radius 2 is 2.12 bits per heavy atom. The Hall–Kier alpha value is -1.16. The second-order valence-corrected chi connectivity index (χ2v) is 5.45. The summed E-state index contributed by atoms with van der Waals surface area (Å²) in [6, 6.07) is 3.91. The zero-order valence-corrected chi connectivity index (χ0v) is 11.0. The van der Waals surface area contributed by atoms with Crippen LogP contribution in [0.15, 0.2) is 18.3 Å². The van der Waals surface area contributed by atoms with Gasteiger partial charge in [0.1, 0.15) is 10.7 Å². The zero-order chi connectivity index (χ0) is 12.3. The zero-order valence-electron chi connectivity index (χ0n) is 10.2. The van der Waals surface area contributed by atoms with Crippen molar-refractivity contribution in [3.05, 3.63) is 24.0 Å². The smallest absolute Gasteiger partial charge is 0.124 e. The highest BCUT2D eigenvalue weighted by molar-refractivity contribution is 7.80. The maximum atomic E-state index is 5.69. The van der Waals surface area contributed by atoms with Crippen LogP contribution < -0.4 is 11.1 Å². The molecule has 0 bridgehead atoms. The standard InChI is InChI=1S/C13H19N3S/c1-13(7-3-2-4-8-13)16-10-6-5-9-15-11(10)12(14)17/h5-6,9,16H,2-4,7-8H2,1H3,(H2,14,17). The second kappa shape index (κ2) is 5.00. The Bertz CT molecular complexity index is 411. The summed E-state index contributed by atoms with van der Waals surface area (Å²) in [5.74, 6) is 0. The average Bonchev–Trinajstić information content (AvgIpc) is 2.29. The SMILES string of the molecule is CC1(Nc2cccnc2C(N)=S)CCCCC1. The third-order valence-electron chi connectivity index (χ3n) is 3.43. The molecule has 92 valence electrons. The fourth-order valence-corrected chi connectivity index (χ4v) is 2.65. The number of pyridine rings is 1. The highest BCUT2D eigenvalue weighted by atomic mass is 32.1. The van der Waals surface area contributed by atoms with Crippen molar-refractivity contribution in [2.24, 2.45) is 5.73 Å². The number of nitrogens with zero attached hydrogens (tertiary/aromatic N) is 1. The summed E-state index contributed by atoms with van der Waals surface area (Å²) >= 11 is 5.03. The number of hydrogen-bond donors (Lipinski definition) is 2. The summed E-state index contributed by atoms with van der Waals surface area (Å²) < 4.78 is 0. The van der Waals surface area contributed by atoms with Crippen molar-refractivity contribution in [1.82, 2.24) is 4.98 Å². The molecule has 0 radical (unpaired) electrons. The van der Waals surface area contributed by atoms with Gasteiger partial charge in [-0.05, 0) is 31.9 Å².